The molecule has 0 saturated carbocycles. The monoisotopic (exact) mass is 241 g/mol. The summed E-state index contributed by atoms with van der Waals surface area (Å²) in [6.45, 7) is 2.17. The van der Waals surface area contributed by atoms with E-state index >= 15 is 0 Å². The standard InChI is InChI=1S/C11H16FN3O2/c1-2-17-10-4-3-7(5-8(10)12)6-9(13)11(16)15-14/h3-5,9H,2,6,13-14H2,1H3,(H,15,16). The van der Waals surface area contributed by atoms with E-state index in [1.54, 1.807) is 13.0 Å². The third kappa shape index (κ3) is 3.69. The molecule has 0 aromatic heterocycles. The number of rotatable bonds is 5. The molecular weight excluding hydrogens is 225 g/mol. The number of hydrogen-bond acceptors (Lipinski definition) is 4. The zero-order valence-corrected chi connectivity index (χ0v) is 9.57. The van der Waals surface area contributed by atoms with Gasteiger partial charge < -0.3 is 10.5 Å². The molecule has 0 bridgehead atoms. The van der Waals surface area contributed by atoms with Crippen molar-refractivity contribution < 1.29 is 13.9 Å². The molecule has 1 unspecified atom stereocenters. The van der Waals surface area contributed by atoms with Gasteiger partial charge in [0.15, 0.2) is 11.6 Å². The summed E-state index contributed by atoms with van der Waals surface area (Å²) in [6.07, 6.45) is 0.215. The molecule has 0 spiro atoms. The first-order valence-corrected chi connectivity index (χ1v) is 5.25. The van der Waals surface area contributed by atoms with Gasteiger partial charge in [0.1, 0.15) is 0 Å². The van der Waals surface area contributed by atoms with Crippen LogP contribution in [0.4, 0.5) is 4.39 Å². The maximum absolute atomic E-state index is 13.5. The van der Waals surface area contributed by atoms with Crippen LogP contribution in [0, 0.1) is 5.82 Å². The Labute approximate surface area is 98.9 Å². The summed E-state index contributed by atoms with van der Waals surface area (Å²) in [5.41, 5.74) is 8.12. The molecule has 0 heterocycles. The van der Waals surface area contributed by atoms with E-state index in [0.717, 1.165) is 0 Å². The number of hydrazine groups is 1. The maximum Gasteiger partial charge on any atom is 0.251 e. The number of carbonyl (C=O) groups excluding carboxylic acids is 1. The molecule has 1 aromatic carbocycles. The summed E-state index contributed by atoms with van der Waals surface area (Å²) in [5.74, 6) is 4.18. The maximum atomic E-state index is 13.5. The molecule has 5 nitrogen and oxygen atoms in total. The minimum atomic E-state index is -0.794. The van der Waals surface area contributed by atoms with Crippen LogP contribution in [0.15, 0.2) is 18.2 Å². The molecule has 0 aliphatic rings. The normalized spacial score (nSPS) is 12.0. The van der Waals surface area contributed by atoms with Gasteiger partial charge in [-0.2, -0.15) is 0 Å². The van der Waals surface area contributed by atoms with Crippen LogP contribution in [0.3, 0.4) is 0 Å². The fraction of sp³-hybridized carbons (Fsp3) is 0.364. The predicted molar refractivity (Wildman–Crippen MR) is 61.6 cm³/mol. The van der Waals surface area contributed by atoms with E-state index in [-0.39, 0.29) is 12.2 Å². The smallest absolute Gasteiger partial charge is 0.251 e. The number of amides is 1. The number of halogens is 1. The number of ether oxygens (including phenoxy) is 1. The molecule has 6 heteroatoms. The summed E-state index contributed by atoms with van der Waals surface area (Å²) in [6, 6.07) is 3.69. The fourth-order valence-electron chi connectivity index (χ4n) is 1.40. The van der Waals surface area contributed by atoms with Crippen LogP contribution < -0.4 is 21.7 Å². The lowest BCUT2D eigenvalue weighted by molar-refractivity contribution is -0.122. The van der Waals surface area contributed by atoms with Crippen LogP contribution in [0.5, 0.6) is 5.75 Å². The van der Waals surface area contributed by atoms with Crippen molar-refractivity contribution >= 4 is 5.91 Å². The van der Waals surface area contributed by atoms with Gasteiger partial charge in [0.05, 0.1) is 12.6 Å². The third-order valence-corrected chi connectivity index (χ3v) is 2.23. The molecule has 0 saturated heterocycles. The molecule has 1 atom stereocenters. The molecule has 94 valence electrons. The quantitative estimate of drug-likeness (QED) is 0.387. The van der Waals surface area contributed by atoms with Crippen LogP contribution in [0.2, 0.25) is 0 Å². The Hall–Kier alpha value is -1.66. The molecule has 0 aliphatic carbocycles. The Morgan fingerprint density at radius 1 is 1.59 bits per heavy atom. The van der Waals surface area contributed by atoms with E-state index in [4.69, 9.17) is 16.3 Å². The first kappa shape index (κ1) is 13.4. The van der Waals surface area contributed by atoms with Gasteiger partial charge in [0.2, 0.25) is 0 Å². The number of carbonyl (C=O) groups is 1. The zero-order valence-electron chi connectivity index (χ0n) is 9.57. The topological polar surface area (TPSA) is 90.4 Å². The first-order valence-electron chi connectivity index (χ1n) is 5.25. The second-order valence-corrected chi connectivity index (χ2v) is 3.52. The van der Waals surface area contributed by atoms with Crippen LogP contribution >= 0.6 is 0 Å². The molecule has 0 aliphatic heterocycles. The van der Waals surface area contributed by atoms with Crippen LogP contribution in [-0.2, 0) is 11.2 Å². The van der Waals surface area contributed by atoms with Gasteiger partial charge in [-0.3, -0.25) is 10.2 Å². The summed E-state index contributed by atoms with van der Waals surface area (Å²) in [4.78, 5) is 11.1. The van der Waals surface area contributed by atoms with E-state index < -0.39 is 17.8 Å². The van der Waals surface area contributed by atoms with Gasteiger partial charge in [-0.25, -0.2) is 10.2 Å². The van der Waals surface area contributed by atoms with Crippen molar-refractivity contribution in [1.82, 2.24) is 5.43 Å². The van der Waals surface area contributed by atoms with Crippen molar-refractivity contribution in [3.63, 3.8) is 0 Å². The second kappa shape index (κ2) is 6.17. The zero-order chi connectivity index (χ0) is 12.8. The van der Waals surface area contributed by atoms with E-state index in [1.807, 2.05) is 5.43 Å². The highest BCUT2D eigenvalue weighted by Gasteiger charge is 2.13. The van der Waals surface area contributed by atoms with Crippen LogP contribution in [-0.4, -0.2) is 18.6 Å². The highest BCUT2D eigenvalue weighted by atomic mass is 19.1. The third-order valence-electron chi connectivity index (χ3n) is 2.23. The van der Waals surface area contributed by atoms with Crippen LogP contribution in [0.25, 0.3) is 0 Å². The van der Waals surface area contributed by atoms with Gasteiger partial charge >= 0.3 is 0 Å². The number of hydrogen-bond donors (Lipinski definition) is 3. The Morgan fingerprint density at radius 3 is 2.82 bits per heavy atom. The molecule has 1 aromatic rings. The minimum absolute atomic E-state index is 0.188. The summed E-state index contributed by atoms with van der Waals surface area (Å²) in [7, 11) is 0. The molecule has 0 fully saturated rings. The lowest BCUT2D eigenvalue weighted by atomic mass is 10.1. The van der Waals surface area contributed by atoms with Crippen LogP contribution in [0.1, 0.15) is 12.5 Å². The van der Waals surface area contributed by atoms with Gasteiger partial charge in [0.25, 0.3) is 5.91 Å². The first-order chi connectivity index (χ1) is 8.08. The largest absolute Gasteiger partial charge is 0.491 e. The van der Waals surface area contributed by atoms with Crippen molar-refractivity contribution in [3.05, 3.63) is 29.6 Å². The molecule has 17 heavy (non-hydrogen) atoms. The van der Waals surface area contributed by atoms with Crippen molar-refractivity contribution in [2.45, 2.75) is 19.4 Å². The van der Waals surface area contributed by atoms with Crippen molar-refractivity contribution in [2.75, 3.05) is 6.61 Å². The van der Waals surface area contributed by atoms with Gasteiger partial charge in [-0.1, -0.05) is 6.07 Å². The average Bonchev–Trinajstić information content (AvgIpc) is 2.31. The Kier molecular flexibility index (Phi) is 4.86. The Balaban J connectivity index is 2.73. The Morgan fingerprint density at radius 2 is 2.29 bits per heavy atom. The fourth-order valence-corrected chi connectivity index (χ4v) is 1.40. The number of benzene rings is 1. The van der Waals surface area contributed by atoms with Crippen molar-refractivity contribution in [3.8, 4) is 5.75 Å². The predicted octanol–water partition coefficient (Wildman–Crippen LogP) is 0.0841. The molecule has 5 N–H and O–H groups in total. The minimum Gasteiger partial charge on any atom is -0.491 e. The summed E-state index contributed by atoms with van der Waals surface area (Å²) < 4.78 is 18.5. The van der Waals surface area contributed by atoms with E-state index in [1.165, 1.54) is 12.1 Å². The highest BCUT2D eigenvalue weighted by molar-refractivity contribution is 5.81. The lowest BCUT2D eigenvalue weighted by Crippen LogP contribution is -2.45. The SMILES string of the molecule is CCOc1ccc(CC(N)C(=O)NN)cc1F. The molecular formula is C11H16FN3O2. The lowest BCUT2D eigenvalue weighted by Gasteiger charge is -2.11. The average molecular weight is 241 g/mol. The number of nitrogens with two attached hydrogens (primary N) is 2. The van der Waals surface area contributed by atoms with Gasteiger partial charge in [0, 0.05) is 0 Å². The van der Waals surface area contributed by atoms with E-state index in [2.05, 4.69) is 0 Å². The van der Waals surface area contributed by atoms with E-state index in [9.17, 15) is 9.18 Å². The second-order valence-electron chi connectivity index (χ2n) is 3.52. The summed E-state index contributed by atoms with van der Waals surface area (Å²) >= 11 is 0. The Bertz CT molecular complexity index is 398. The molecule has 1 amide bonds. The van der Waals surface area contributed by atoms with Gasteiger partial charge in [-0.15, -0.1) is 0 Å². The molecule has 0 radical (unpaired) electrons. The number of nitrogens with one attached hydrogen (secondary N) is 1. The molecule has 1 rings (SSSR count). The highest BCUT2D eigenvalue weighted by Crippen LogP contribution is 2.18. The van der Waals surface area contributed by atoms with E-state index in [0.29, 0.717) is 12.2 Å². The summed E-state index contributed by atoms with van der Waals surface area (Å²) in [5, 5.41) is 0. The van der Waals surface area contributed by atoms with Crippen molar-refractivity contribution in [2.24, 2.45) is 11.6 Å². The van der Waals surface area contributed by atoms with Gasteiger partial charge in [-0.05, 0) is 31.0 Å². The van der Waals surface area contributed by atoms with Crippen molar-refractivity contribution in [1.29, 1.82) is 0 Å².